The SMILES string of the molecule is Nc1nc(Nc2ccc(Cl)cc2F)c2c(n1)NC(CCc1ccccc1)C2. The Kier molecular flexibility index (Phi) is 4.81. The highest BCUT2D eigenvalue weighted by Crippen LogP contribution is 2.34. The number of nitrogen functional groups attached to an aromatic ring is 1. The van der Waals surface area contributed by atoms with E-state index < -0.39 is 5.82 Å². The molecule has 7 heteroatoms. The van der Waals surface area contributed by atoms with E-state index in [9.17, 15) is 4.39 Å². The topological polar surface area (TPSA) is 75.9 Å². The van der Waals surface area contributed by atoms with Gasteiger partial charge < -0.3 is 16.4 Å². The Hall–Kier alpha value is -2.86. The maximum atomic E-state index is 14.1. The molecular weight excluding hydrogens is 365 g/mol. The van der Waals surface area contributed by atoms with Gasteiger partial charge in [0.25, 0.3) is 0 Å². The summed E-state index contributed by atoms with van der Waals surface area (Å²) in [6.07, 6.45) is 2.67. The lowest BCUT2D eigenvalue weighted by Crippen LogP contribution is -2.16. The number of nitrogens with two attached hydrogens (primary N) is 1. The molecule has 0 bridgehead atoms. The molecule has 0 saturated carbocycles. The van der Waals surface area contributed by atoms with Crippen LogP contribution in [0.1, 0.15) is 17.5 Å². The van der Waals surface area contributed by atoms with E-state index in [-0.39, 0.29) is 12.0 Å². The average Bonchev–Trinajstić information content (AvgIpc) is 3.06. The van der Waals surface area contributed by atoms with Crippen molar-refractivity contribution in [1.82, 2.24) is 9.97 Å². The number of hydrogen-bond donors (Lipinski definition) is 3. The summed E-state index contributed by atoms with van der Waals surface area (Å²) in [7, 11) is 0. The Morgan fingerprint density at radius 3 is 2.78 bits per heavy atom. The van der Waals surface area contributed by atoms with Crippen LogP contribution in [0.5, 0.6) is 0 Å². The van der Waals surface area contributed by atoms with Gasteiger partial charge in [0.15, 0.2) is 0 Å². The van der Waals surface area contributed by atoms with E-state index in [0.29, 0.717) is 22.3 Å². The molecular formula is C20H19ClFN5. The number of nitrogens with zero attached hydrogens (tertiary/aromatic N) is 2. The summed E-state index contributed by atoms with van der Waals surface area (Å²) in [4.78, 5) is 8.57. The highest BCUT2D eigenvalue weighted by molar-refractivity contribution is 6.30. The summed E-state index contributed by atoms with van der Waals surface area (Å²) in [5.41, 5.74) is 8.35. The average molecular weight is 384 g/mol. The van der Waals surface area contributed by atoms with Crippen LogP contribution in [0.2, 0.25) is 5.02 Å². The van der Waals surface area contributed by atoms with Crippen LogP contribution in [0.25, 0.3) is 0 Å². The number of fused-ring (bicyclic) bond motifs is 1. The van der Waals surface area contributed by atoms with Crippen molar-refractivity contribution in [3.63, 3.8) is 0 Å². The normalized spacial score (nSPS) is 15.3. The second-order valence-electron chi connectivity index (χ2n) is 6.58. The zero-order chi connectivity index (χ0) is 18.8. The van der Waals surface area contributed by atoms with Crippen molar-refractivity contribution in [2.75, 3.05) is 16.4 Å². The predicted molar refractivity (Wildman–Crippen MR) is 107 cm³/mol. The number of halogens is 2. The number of hydrogen-bond acceptors (Lipinski definition) is 5. The molecule has 2 aromatic carbocycles. The minimum absolute atomic E-state index is 0.141. The summed E-state index contributed by atoms with van der Waals surface area (Å²) in [5, 5.41) is 6.78. The molecule has 0 saturated heterocycles. The van der Waals surface area contributed by atoms with Gasteiger partial charge in [0.05, 0.1) is 5.69 Å². The largest absolute Gasteiger partial charge is 0.368 e. The number of aryl methyl sites for hydroxylation is 1. The van der Waals surface area contributed by atoms with Crippen LogP contribution in [0.4, 0.5) is 27.7 Å². The van der Waals surface area contributed by atoms with Crippen LogP contribution in [0.15, 0.2) is 48.5 Å². The van der Waals surface area contributed by atoms with Gasteiger partial charge in [-0.2, -0.15) is 9.97 Å². The number of anilines is 4. The maximum Gasteiger partial charge on any atom is 0.223 e. The molecule has 0 spiro atoms. The fraction of sp³-hybridized carbons (Fsp3) is 0.200. The summed E-state index contributed by atoms with van der Waals surface area (Å²) in [6.45, 7) is 0. The molecule has 27 heavy (non-hydrogen) atoms. The van der Waals surface area contributed by atoms with Gasteiger partial charge in [-0.1, -0.05) is 41.9 Å². The van der Waals surface area contributed by atoms with Gasteiger partial charge >= 0.3 is 0 Å². The number of aromatic nitrogens is 2. The van der Waals surface area contributed by atoms with Gasteiger partial charge in [-0.25, -0.2) is 4.39 Å². The number of nitrogens with one attached hydrogen (secondary N) is 2. The first kappa shape index (κ1) is 17.5. The van der Waals surface area contributed by atoms with E-state index in [1.54, 1.807) is 12.1 Å². The van der Waals surface area contributed by atoms with Crippen LogP contribution in [0.3, 0.4) is 0 Å². The Bertz CT molecular complexity index is 964. The zero-order valence-electron chi connectivity index (χ0n) is 14.5. The first-order valence-corrected chi connectivity index (χ1v) is 9.15. The maximum absolute atomic E-state index is 14.1. The predicted octanol–water partition coefficient (Wildman–Crippen LogP) is 4.56. The van der Waals surface area contributed by atoms with E-state index in [2.05, 4.69) is 32.7 Å². The van der Waals surface area contributed by atoms with Crippen LogP contribution < -0.4 is 16.4 Å². The lowest BCUT2D eigenvalue weighted by atomic mass is 10.0. The molecule has 2 heterocycles. The first-order chi connectivity index (χ1) is 13.1. The summed E-state index contributed by atoms with van der Waals surface area (Å²) >= 11 is 5.82. The van der Waals surface area contributed by atoms with E-state index in [1.807, 2.05) is 18.2 Å². The molecule has 0 fully saturated rings. The molecule has 5 nitrogen and oxygen atoms in total. The summed E-state index contributed by atoms with van der Waals surface area (Å²) in [6, 6.07) is 15.0. The lowest BCUT2D eigenvalue weighted by molar-refractivity contribution is 0.631. The lowest BCUT2D eigenvalue weighted by Gasteiger charge is -2.11. The molecule has 1 aromatic heterocycles. The molecule has 1 atom stereocenters. The molecule has 3 aromatic rings. The zero-order valence-corrected chi connectivity index (χ0v) is 15.3. The highest BCUT2D eigenvalue weighted by atomic mass is 35.5. The molecule has 138 valence electrons. The van der Waals surface area contributed by atoms with Crippen molar-refractivity contribution in [3.8, 4) is 0 Å². The second-order valence-corrected chi connectivity index (χ2v) is 7.01. The highest BCUT2D eigenvalue weighted by Gasteiger charge is 2.26. The van der Waals surface area contributed by atoms with Crippen LogP contribution >= 0.6 is 11.6 Å². The Balaban J connectivity index is 1.52. The summed E-state index contributed by atoms with van der Waals surface area (Å²) < 4.78 is 14.1. The Morgan fingerprint density at radius 1 is 1.19 bits per heavy atom. The second kappa shape index (κ2) is 7.40. The standard InChI is InChI=1S/C20H19ClFN5/c21-13-7-9-17(16(22)10-13)25-19-15-11-14(24-18(15)26-20(23)27-19)8-6-12-4-2-1-3-5-12/h1-5,7,9-10,14H,6,8,11H2,(H4,23,24,25,26,27). The number of rotatable bonds is 5. The minimum Gasteiger partial charge on any atom is -0.368 e. The minimum atomic E-state index is -0.444. The van der Waals surface area contributed by atoms with E-state index in [4.69, 9.17) is 17.3 Å². The third-order valence-corrected chi connectivity index (χ3v) is 4.86. The van der Waals surface area contributed by atoms with Gasteiger partial charge in [0.1, 0.15) is 17.5 Å². The van der Waals surface area contributed by atoms with Crippen molar-refractivity contribution in [1.29, 1.82) is 0 Å². The fourth-order valence-corrected chi connectivity index (χ4v) is 3.45. The van der Waals surface area contributed by atoms with Gasteiger partial charge in [0.2, 0.25) is 5.95 Å². The molecule has 1 unspecified atom stereocenters. The first-order valence-electron chi connectivity index (χ1n) is 8.77. The van der Waals surface area contributed by atoms with E-state index in [1.165, 1.54) is 11.6 Å². The van der Waals surface area contributed by atoms with Crippen molar-refractivity contribution in [3.05, 3.63) is 70.5 Å². The third-order valence-electron chi connectivity index (χ3n) is 4.62. The van der Waals surface area contributed by atoms with Gasteiger partial charge in [-0.15, -0.1) is 0 Å². The monoisotopic (exact) mass is 383 g/mol. The molecule has 0 aliphatic carbocycles. The molecule has 1 aliphatic heterocycles. The van der Waals surface area contributed by atoms with Crippen molar-refractivity contribution in [2.24, 2.45) is 0 Å². The molecule has 4 rings (SSSR count). The molecule has 0 amide bonds. The van der Waals surface area contributed by atoms with E-state index in [0.717, 1.165) is 24.8 Å². The third kappa shape index (κ3) is 3.95. The smallest absolute Gasteiger partial charge is 0.223 e. The molecule has 1 aliphatic rings. The molecule has 0 radical (unpaired) electrons. The fourth-order valence-electron chi connectivity index (χ4n) is 3.29. The Labute approximate surface area is 161 Å². The van der Waals surface area contributed by atoms with Crippen LogP contribution in [-0.2, 0) is 12.8 Å². The van der Waals surface area contributed by atoms with Gasteiger partial charge in [-0.3, -0.25) is 0 Å². The Morgan fingerprint density at radius 2 is 2.00 bits per heavy atom. The van der Waals surface area contributed by atoms with Crippen molar-refractivity contribution in [2.45, 2.75) is 25.3 Å². The van der Waals surface area contributed by atoms with Crippen LogP contribution in [-0.4, -0.2) is 16.0 Å². The quantitative estimate of drug-likeness (QED) is 0.602. The summed E-state index contributed by atoms with van der Waals surface area (Å²) in [5.74, 6) is 0.924. The number of benzene rings is 2. The van der Waals surface area contributed by atoms with Crippen molar-refractivity contribution >= 4 is 34.9 Å². The van der Waals surface area contributed by atoms with Crippen molar-refractivity contribution < 1.29 is 4.39 Å². The van der Waals surface area contributed by atoms with E-state index >= 15 is 0 Å². The van der Waals surface area contributed by atoms with Crippen LogP contribution in [0, 0.1) is 5.82 Å². The molecule has 4 N–H and O–H groups in total. The van der Waals surface area contributed by atoms with Gasteiger partial charge in [0, 0.05) is 16.6 Å². The van der Waals surface area contributed by atoms with Gasteiger partial charge in [-0.05, 0) is 43.0 Å².